The number of hydrogen-bond donors (Lipinski definition) is 0. The first-order valence-corrected chi connectivity index (χ1v) is 4.42. The molecule has 0 aromatic heterocycles. The van der Waals surface area contributed by atoms with Crippen LogP contribution in [0.3, 0.4) is 0 Å². The third kappa shape index (κ3) is 4.00. The second kappa shape index (κ2) is 5.75. The van der Waals surface area contributed by atoms with E-state index < -0.39 is 15.3 Å². The molecule has 0 unspecified atom stereocenters. The van der Waals surface area contributed by atoms with Crippen molar-refractivity contribution < 1.29 is 18.6 Å². The van der Waals surface area contributed by atoms with E-state index in [1.807, 2.05) is 27.7 Å². The first-order valence-electron chi connectivity index (χ1n) is 5.57. The van der Waals surface area contributed by atoms with E-state index in [0.29, 0.717) is 0 Å². The molecule has 0 atom stereocenters. The molecule has 6 heteroatoms. The van der Waals surface area contributed by atoms with Gasteiger partial charge in [0.05, 0.1) is 13.9 Å². The fraction of sp³-hybridized carbons (Fsp3) is 1.00. The molecule has 1 rings (SSSR count). The van der Waals surface area contributed by atoms with Gasteiger partial charge in [0.15, 0.2) is 0 Å². The van der Waals surface area contributed by atoms with Crippen LogP contribution in [0.1, 0.15) is 27.7 Å². The molecule has 0 radical (unpaired) electrons. The van der Waals surface area contributed by atoms with Gasteiger partial charge in [-0.05, 0) is 27.7 Å². The summed E-state index contributed by atoms with van der Waals surface area (Å²) in [5.74, 6) is 0. The van der Waals surface area contributed by atoms with Crippen LogP contribution in [0.5, 0.6) is 0 Å². The molecule has 0 amide bonds. The Balaban J connectivity index is 0.000000325. The van der Waals surface area contributed by atoms with Crippen LogP contribution in [-0.4, -0.2) is 43.4 Å². The molecular formula is C8H20B2O4. The Labute approximate surface area is 90.6 Å². The molecule has 0 aromatic carbocycles. The topological polar surface area (TPSA) is 36.9 Å². The van der Waals surface area contributed by atoms with Crippen molar-refractivity contribution in [2.75, 3.05) is 14.2 Å². The van der Waals surface area contributed by atoms with E-state index >= 15 is 0 Å². The van der Waals surface area contributed by atoms with E-state index in [2.05, 4.69) is 9.31 Å². The van der Waals surface area contributed by atoms with Crippen molar-refractivity contribution in [3.8, 4) is 0 Å². The zero-order valence-corrected chi connectivity index (χ0v) is 9.79. The summed E-state index contributed by atoms with van der Waals surface area (Å²) in [6.45, 7) is 7.73. The molecular weight excluding hydrogens is 182 g/mol. The van der Waals surface area contributed by atoms with Crippen LogP contribution in [0.25, 0.3) is 0 Å². The molecule has 1 fully saturated rings. The van der Waals surface area contributed by atoms with Gasteiger partial charge in [0.1, 0.15) is 0 Å². The summed E-state index contributed by atoms with van der Waals surface area (Å²) >= 11 is 0. The maximum absolute atomic E-state index is 7.20. The summed E-state index contributed by atoms with van der Waals surface area (Å²) in [7, 11) is 1.21. The van der Waals surface area contributed by atoms with Crippen LogP contribution in [0.4, 0.5) is 0 Å². The lowest BCUT2D eigenvalue weighted by Crippen LogP contribution is -2.41. The Morgan fingerprint density at radius 1 is 1.14 bits per heavy atom. The minimum atomic E-state index is -0.815. The van der Waals surface area contributed by atoms with Gasteiger partial charge in [0, 0.05) is 14.2 Å². The van der Waals surface area contributed by atoms with Gasteiger partial charge >= 0.3 is 15.3 Å². The smallest absolute Gasteiger partial charge is 0.417 e. The van der Waals surface area contributed by atoms with E-state index in [-0.39, 0.29) is 11.2 Å². The average molecular weight is 206 g/mol. The molecule has 1 heterocycles. The fourth-order valence-electron chi connectivity index (χ4n) is 0.645. The van der Waals surface area contributed by atoms with Crippen molar-refractivity contribution in [1.29, 1.82) is 2.67 Å². The Morgan fingerprint density at radius 2 is 1.50 bits per heavy atom. The second-order valence-electron chi connectivity index (χ2n) is 3.92. The zero-order valence-electron chi connectivity index (χ0n) is 11.8. The molecule has 0 aromatic rings. The highest BCUT2D eigenvalue weighted by Gasteiger charge is 2.44. The predicted molar refractivity (Wildman–Crippen MR) is 58.6 cm³/mol. The van der Waals surface area contributed by atoms with Crippen molar-refractivity contribution >= 4 is 15.3 Å². The first kappa shape index (κ1) is 10.5. The Kier molecular flexibility index (Phi) is 4.31. The summed E-state index contributed by atoms with van der Waals surface area (Å²) in [4.78, 5) is 0. The van der Waals surface area contributed by atoms with Gasteiger partial charge < -0.3 is 18.6 Å². The summed E-state index contributed by atoms with van der Waals surface area (Å²) in [6, 6.07) is 0. The quantitative estimate of drug-likeness (QED) is 0.612. The minimum Gasteiger partial charge on any atom is -0.417 e. The SMILES string of the molecule is [3H]B(OC)OC.[3H]B1OC(C)(C)C(C)(C)O1. The maximum Gasteiger partial charge on any atom is 0.439 e. The van der Waals surface area contributed by atoms with Crippen molar-refractivity contribution in [2.45, 2.75) is 38.9 Å². The highest BCUT2D eigenvalue weighted by molar-refractivity contribution is 6.19. The lowest BCUT2D eigenvalue weighted by Gasteiger charge is -2.32. The van der Waals surface area contributed by atoms with Gasteiger partial charge in [-0.25, -0.2) is 0 Å². The summed E-state index contributed by atoms with van der Waals surface area (Å²) < 4.78 is 32.9. The lowest BCUT2D eigenvalue weighted by molar-refractivity contribution is 0.00578. The van der Waals surface area contributed by atoms with E-state index in [1.165, 1.54) is 14.2 Å². The van der Waals surface area contributed by atoms with Crippen LogP contribution < -0.4 is 0 Å². The van der Waals surface area contributed by atoms with Gasteiger partial charge in [-0.15, -0.1) is 0 Å². The van der Waals surface area contributed by atoms with Crippen molar-refractivity contribution in [2.24, 2.45) is 0 Å². The highest BCUT2D eigenvalue weighted by Crippen LogP contribution is 2.33. The molecule has 1 saturated heterocycles. The van der Waals surface area contributed by atoms with Crippen LogP contribution in [0, 0.1) is 0 Å². The van der Waals surface area contributed by atoms with Gasteiger partial charge in [-0.2, -0.15) is 0 Å². The Hall–Kier alpha value is -0.0301. The monoisotopic (exact) mass is 206 g/mol. The largest absolute Gasteiger partial charge is 0.439 e. The van der Waals surface area contributed by atoms with Crippen LogP contribution in [-0.2, 0) is 18.6 Å². The van der Waals surface area contributed by atoms with Gasteiger partial charge in [-0.1, -0.05) is 0 Å². The highest BCUT2D eigenvalue weighted by atomic mass is 16.7. The molecule has 0 N–H and O–H groups in total. The maximum atomic E-state index is 7.20. The average Bonchev–Trinajstić information content (AvgIpc) is 2.33. The van der Waals surface area contributed by atoms with E-state index in [1.54, 1.807) is 0 Å². The van der Waals surface area contributed by atoms with Crippen LogP contribution in [0.15, 0.2) is 0 Å². The summed E-state index contributed by atoms with van der Waals surface area (Å²) in [5, 5.41) is 0. The minimum absolute atomic E-state index is 0.348. The second-order valence-corrected chi connectivity index (χ2v) is 3.92. The van der Waals surface area contributed by atoms with Gasteiger partial charge in [0.2, 0.25) is 0 Å². The molecule has 82 valence electrons. The summed E-state index contributed by atoms with van der Waals surface area (Å²) in [5.41, 5.74) is -0.696. The zero-order chi connectivity index (χ0) is 13.0. The van der Waals surface area contributed by atoms with Gasteiger partial charge in [-0.3, -0.25) is 0 Å². The Morgan fingerprint density at radius 3 is 1.57 bits per heavy atom. The van der Waals surface area contributed by atoms with E-state index in [0.717, 1.165) is 0 Å². The third-order valence-corrected chi connectivity index (χ3v) is 2.33. The molecule has 4 nitrogen and oxygen atoms in total. The van der Waals surface area contributed by atoms with Crippen LogP contribution >= 0.6 is 0 Å². The summed E-state index contributed by atoms with van der Waals surface area (Å²) in [6.07, 6.45) is 0. The van der Waals surface area contributed by atoms with E-state index in [9.17, 15) is 0 Å². The molecule has 1 aliphatic heterocycles. The molecule has 0 aliphatic carbocycles. The fourth-order valence-corrected chi connectivity index (χ4v) is 0.645. The predicted octanol–water partition coefficient (Wildman–Crippen LogP) is 0.403. The molecule has 14 heavy (non-hydrogen) atoms. The van der Waals surface area contributed by atoms with Crippen molar-refractivity contribution in [3.05, 3.63) is 0 Å². The molecule has 1 aliphatic rings. The van der Waals surface area contributed by atoms with Crippen LogP contribution in [0.2, 0.25) is 0 Å². The lowest BCUT2D eigenvalue weighted by atomic mass is 9.90. The standard InChI is InChI=1S/C6H13BO2.C2H7BO2/c1-5(2)6(3,4)9-7-8-5;1-4-3-5-2/h7H,1-4H3;3H,1-2H3/i7T;3T. The first-order chi connectivity index (χ1) is 7.16. The Bertz CT molecular complexity index is 196. The third-order valence-electron chi connectivity index (χ3n) is 2.33. The van der Waals surface area contributed by atoms with Crippen molar-refractivity contribution in [1.82, 2.24) is 0 Å². The molecule has 0 bridgehead atoms. The van der Waals surface area contributed by atoms with Crippen molar-refractivity contribution in [3.63, 3.8) is 0 Å². The van der Waals surface area contributed by atoms with E-state index in [4.69, 9.17) is 12.0 Å². The van der Waals surface area contributed by atoms with Gasteiger partial charge in [0.25, 0.3) is 0 Å². The molecule has 0 spiro atoms. The normalized spacial score (nSPS) is 24.6. The molecule has 0 saturated carbocycles. The number of hydrogen-bond acceptors (Lipinski definition) is 4. The number of rotatable bonds is 2.